The van der Waals surface area contributed by atoms with E-state index < -0.39 is 11.9 Å². The van der Waals surface area contributed by atoms with E-state index in [4.69, 9.17) is 28.8 Å². The summed E-state index contributed by atoms with van der Waals surface area (Å²) in [7, 11) is 6.10. The number of carboxylic acid groups (broad SMARTS) is 2. The molecule has 0 unspecified atom stereocenters. The van der Waals surface area contributed by atoms with E-state index in [-0.39, 0.29) is 101 Å². The molecule has 0 amide bonds. The van der Waals surface area contributed by atoms with Crippen molar-refractivity contribution in [2.24, 2.45) is 113 Å². The van der Waals surface area contributed by atoms with Crippen molar-refractivity contribution in [3.05, 3.63) is 48.6 Å². The quantitative estimate of drug-likeness (QED) is 0.0988. The topological polar surface area (TPSA) is 217 Å². The van der Waals surface area contributed by atoms with Gasteiger partial charge in [0, 0.05) is 39.8 Å². The Morgan fingerprint density at radius 1 is 0.592 bits per heavy atom. The molecule has 10 aliphatic carbocycles. The SMILES string of the molecule is CNC1(CO[C@H]2[C@H](OC)C[C@@]34COC[C@]2(C)[C@@H]3CC[C@H]2C4=CC[C@@]3(C)[C@H](C(=O)O)[C@@](C)([C@H](C)C(C)C)CC[C@]23C)CCCCC1.CNC1(CO[C@H]2[C@H](n3cncn3)C[C@@]34COC[C@]2(C)[C@@H]3CC[C@H]2C4=CC[C@@]3(C)[C@H](C(=O)O)[C@@](C)([C@H](C)C(C)C)CC[C@]23C)CCCCC1.c1nc[nH]n1. The zero-order chi connectivity index (χ0) is 70.5. The summed E-state index contributed by atoms with van der Waals surface area (Å²) >= 11 is 0. The average molecular weight is 1360 g/mol. The van der Waals surface area contributed by atoms with Gasteiger partial charge in [-0.05, 0) is 197 Å². The van der Waals surface area contributed by atoms with Gasteiger partial charge in [0.2, 0.25) is 0 Å². The molecule has 22 atom stereocenters. The average Bonchev–Trinajstić information content (AvgIpc) is 0.723. The number of allylic oxidation sites excluding steroid dienone is 2. The Hall–Kier alpha value is -3.58. The minimum Gasteiger partial charge on any atom is -0.481 e. The number of fused-ring (bicyclic) bond motifs is 6. The normalized spacial score (nSPS) is 44.9. The third-order valence-electron chi connectivity index (χ3n) is 33.3. The molecule has 10 fully saturated rings. The molecule has 2 aliphatic heterocycles. The summed E-state index contributed by atoms with van der Waals surface area (Å²) in [6, 6.07) is 0.0595. The Balaban J connectivity index is 0.000000174. The van der Waals surface area contributed by atoms with E-state index in [1.54, 1.807) is 17.5 Å². The maximum atomic E-state index is 13.5. The van der Waals surface area contributed by atoms with Crippen LogP contribution in [0.5, 0.6) is 0 Å². The number of carbonyl (C=O) groups is 2. The summed E-state index contributed by atoms with van der Waals surface area (Å²) in [5, 5.41) is 40.2. The van der Waals surface area contributed by atoms with Gasteiger partial charge < -0.3 is 44.5 Å². The molecule has 98 heavy (non-hydrogen) atoms. The molecule has 4 bridgehead atoms. The molecule has 0 radical (unpaired) electrons. The maximum Gasteiger partial charge on any atom is 0.307 e. The van der Waals surface area contributed by atoms with Crippen LogP contribution in [0.25, 0.3) is 0 Å². The second-order valence-corrected chi connectivity index (χ2v) is 37.6. The van der Waals surface area contributed by atoms with Crippen molar-refractivity contribution in [2.45, 2.75) is 274 Å². The number of aromatic amines is 1. The van der Waals surface area contributed by atoms with Crippen LogP contribution in [0.3, 0.4) is 0 Å². The van der Waals surface area contributed by atoms with Gasteiger partial charge in [-0.3, -0.25) is 14.7 Å². The Morgan fingerprint density at radius 3 is 1.44 bits per heavy atom. The number of methoxy groups -OCH3 is 1. The highest BCUT2D eigenvalue weighted by molar-refractivity contribution is 5.74. The number of hydrogen-bond acceptors (Lipinski definition) is 13. The number of nitrogens with zero attached hydrogens (tertiary/aromatic N) is 5. The smallest absolute Gasteiger partial charge is 0.307 e. The maximum absolute atomic E-state index is 13.5. The zero-order valence-electron chi connectivity index (χ0n) is 63.8. The van der Waals surface area contributed by atoms with Gasteiger partial charge in [-0.2, -0.15) is 10.2 Å². The minimum absolute atomic E-state index is 0.000954. The van der Waals surface area contributed by atoms with Crippen molar-refractivity contribution in [3.63, 3.8) is 0 Å². The molecule has 5 N–H and O–H groups in total. The molecular weight excluding hydrogens is 1230 g/mol. The number of nitrogens with one attached hydrogen (secondary N) is 3. The number of likely N-dealkylation sites (N-methyl/N-ethyl adjacent to an activating group) is 2. The van der Waals surface area contributed by atoms with Crippen molar-refractivity contribution in [1.29, 1.82) is 0 Å². The fourth-order valence-electron chi connectivity index (χ4n) is 26.7. The highest BCUT2D eigenvalue weighted by Crippen LogP contribution is 2.78. The Kier molecular flexibility index (Phi) is 20.5. The van der Waals surface area contributed by atoms with E-state index in [1.807, 2.05) is 13.4 Å². The summed E-state index contributed by atoms with van der Waals surface area (Å²) in [5.41, 5.74) is 1.49. The Bertz CT molecular complexity index is 3150. The summed E-state index contributed by atoms with van der Waals surface area (Å²) < 4.78 is 36.2. The first kappa shape index (κ1) is 74.1. The molecule has 17 heteroatoms. The number of rotatable bonds is 16. The van der Waals surface area contributed by atoms with Crippen LogP contribution in [-0.4, -0.2) is 142 Å². The van der Waals surface area contributed by atoms with E-state index in [1.165, 1.54) is 64.0 Å². The lowest BCUT2D eigenvalue weighted by molar-refractivity contribution is -0.270. The van der Waals surface area contributed by atoms with Crippen molar-refractivity contribution < 1.29 is 43.5 Å². The Morgan fingerprint density at radius 2 is 1.05 bits per heavy atom. The van der Waals surface area contributed by atoms with Crippen molar-refractivity contribution in [2.75, 3.05) is 60.8 Å². The van der Waals surface area contributed by atoms with Crippen LogP contribution < -0.4 is 10.6 Å². The van der Waals surface area contributed by atoms with Gasteiger partial charge >= 0.3 is 11.9 Å². The molecule has 2 aromatic heterocycles. The molecule has 4 heterocycles. The van der Waals surface area contributed by atoms with Crippen molar-refractivity contribution in [3.8, 4) is 0 Å². The lowest BCUT2D eigenvalue weighted by Crippen LogP contribution is -2.70. The van der Waals surface area contributed by atoms with Crippen LogP contribution >= 0.6 is 0 Å². The lowest BCUT2D eigenvalue weighted by Gasteiger charge is -2.71. The standard InChI is InChI=1S/C40H64N4O4.C39H65NO5.C2H3N3/c1-26(2)27(3)35(4)18-19-37(6)28-12-13-31-36(5)21-47-23-40(31,29(28)14-17-38(37,7)32(35)34(45)46)20-30(44-25-42-24-43-44)33(36)48-22-39(41-8)15-10-9-11-16-39;1-25(2)26(3)34(4)19-20-36(6)27-13-14-30-35(5)22-44-24-39(30,28(27)15-18-37(36,7)31(34)33(41)42)21-29(43-9)32(35)45-23-38(40-8)16-11-10-12-17-38;1-3-2-5-4-1/h14,24-28,30-33,41H,9-13,15-23H2,1-8H3,(H,45,46);15,25-27,29-32,40H,10-14,16-24H2,1-9H3,(H,41,42);1-2H,(H,3,4,5)/t27-,28+,30-,31+,32-,33+,35-,36-,37-,38+,40+;26-,27+,29-,30+,31-,32+,34-,35-,36-,37+,39+;/m11./s1. The van der Waals surface area contributed by atoms with Gasteiger partial charge in [-0.1, -0.05) is 159 Å². The van der Waals surface area contributed by atoms with Crippen LogP contribution in [0.1, 0.15) is 244 Å². The van der Waals surface area contributed by atoms with Gasteiger partial charge in [0.05, 0.1) is 75.8 Å². The summed E-state index contributed by atoms with van der Waals surface area (Å²) in [5.74, 6) is 1.29. The lowest BCUT2D eigenvalue weighted by atomic mass is 9.34. The second-order valence-electron chi connectivity index (χ2n) is 37.6. The summed E-state index contributed by atoms with van der Waals surface area (Å²) in [6.45, 7) is 37.1. The molecule has 550 valence electrons. The summed E-state index contributed by atoms with van der Waals surface area (Å²) in [6.07, 6.45) is 36.1. The molecular formula is C81H132N8O9. The Labute approximate surface area is 589 Å². The van der Waals surface area contributed by atoms with Crippen molar-refractivity contribution >= 4 is 11.9 Å². The van der Waals surface area contributed by atoms with E-state index >= 15 is 0 Å². The fourth-order valence-corrected chi connectivity index (χ4v) is 26.7. The number of hydrogen-bond donors (Lipinski definition) is 5. The van der Waals surface area contributed by atoms with E-state index in [0.717, 1.165) is 116 Å². The van der Waals surface area contributed by atoms with Crippen LogP contribution in [0.4, 0.5) is 0 Å². The highest BCUT2D eigenvalue weighted by atomic mass is 16.5. The van der Waals surface area contributed by atoms with E-state index in [2.05, 4.69) is 159 Å². The van der Waals surface area contributed by atoms with Crippen LogP contribution in [0.2, 0.25) is 0 Å². The molecule has 0 aromatic carbocycles. The third-order valence-corrected chi connectivity index (χ3v) is 33.3. The number of carboxylic acids is 2. The molecule has 14 rings (SSSR count). The van der Waals surface area contributed by atoms with E-state index in [9.17, 15) is 19.8 Å². The monoisotopic (exact) mass is 1360 g/mol. The van der Waals surface area contributed by atoms with Crippen LogP contribution in [-0.2, 0) is 33.3 Å². The number of aromatic nitrogens is 6. The highest BCUT2D eigenvalue weighted by Gasteiger charge is 2.75. The first-order valence-electron chi connectivity index (χ1n) is 39.2. The predicted molar refractivity (Wildman–Crippen MR) is 383 cm³/mol. The van der Waals surface area contributed by atoms with Crippen LogP contribution in [0.15, 0.2) is 48.6 Å². The van der Waals surface area contributed by atoms with Gasteiger partial charge in [0.15, 0.2) is 0 Å². The molecule has 8 saturated carbocycles. The minimum atomic E-state index is -0.600. The number of H-pyrrole nitrogens is 1. The predicted octanol–water partition coefficient (Wildman–Crippen LogP) is 15.4. The first-order valence-corrected chi connectivity index (χ1v) is 39.2. The molecule has 12 aliphatic rings. The van der Waals surface area contributed by atoms with Gasteiger partial charge in [0.1, 0.15) is 25.3 Å². The zero-order valence-corrected chi connectivity index (χ0v) is 63.8. The first-order chi connectivity index (χ1) is 46.4. The summed E-state index contributed by atoms with van der Waals surface area (Å²) in [4.78, 5) is 34.8. The van der Waals surface area contributed by atoms with E-state index in [0.29, 0.717) is 60.6 Å². The fraction of sp³-hybridized carbons (Fsp3) is 0.877. The second kappa shape index (κ2) is 27.2. The molecule has 17 nitrogen and oxygen atoms in total. The largest absolute Gasteiger partial charge is 0.481 e. The molecule has 0 spiro atoms. The number of aliphatic carboxylic acids is 2. The van der Waals surface area contributed by atoms with Crippen molar-refractivity contribution in [1.82, 2.24) is 40.6 Å². The van der Waals surface area contributed by atoms with Gasteiger partial charge in [0.25, 0.3) is 0 Å². The van der Waals surface area contributed by atoms with Gasteiger partial charge in [-0.25, -0.2) is 14.6 Å². The number of ether oxygens (including phenoxy) is 5. The third kappa shape index (κ3) is 11.4. The van der Waals surface area contributed by atoms with Crippen LogP contribution in [0, 0.1) is 113 Å². The molecule has 2 saturated heterocycles. The van der Waals surface area contributed by atoms with Gasteiger partial charge in [-0.15, -0.1) is 0 Å². The molecule has 2 aromatic rings.